The van der Waals surface area contributed by atoms with Crippen molar-refractivity contribution < 1.29 is 43.6 Å². The first kappa shape index (κ1) is 34.9. The molecule has 0 aliphatic carbocycles. The standard InChI is InChI=1S/C23H34N4O5S.C4H4O4/c1-14(2)27(15(3)4)10-9-26(5)22(29)17-13-33-23(24-17)25-21(28)16-11-19(31-7)20(32-8)12-18(16)30-6;5-3(6)1-2-4(7)8/h11-15H,9-10H2,1-8H3,(H,24,25,28);1-2H,(H,5,6)(H,7,8). The Hall–Kier alpha value is -4.17. The van der Waals surface area contributed by atoms with Gasteiger partial charge >= 0.3 is 11.9 Å². The molecule has 14 heteroatoms. The predicted molar refractivity (Wildman–Crippen MR) is 155 cm³/mol. The van der Waals surface area contributed by atoms with Gasteiger partial charge in [-0.15, -0.1) is 11.3 Å². The van der Waals surface area contributed by atoms with Gasteiger partial charge in [0.1, 0.15) is 11.4 Å². The number of ether oxygens (including phenoxy) is 3. The zero-order valence-corrected chi connectivity index (χ0v) is 25.3. The molecule has 0 saturated heterocycles. The van der Waals surface area contributed by atoms with Crippen LogP contribution in [0.4, 0.5) is 5.13 Å². The number of aromatic nitrogens is 1. The van der Waals surface area contributed by atoms with Gasteiger partial charge in [0, 0.05) is 61.9 Å². The molecule has 0 bridgehead atoms. The maximum atomic E-state index is 12.9. The van der Waals surface area contributed by atoms with Gasteiger partial charge in [0.05, 0.1) is 26.9 Å². The van der Waals surface area contributed by atoms with E-state index in [1.165, 1.54) is 38.7 Å². The van der Waals surface area contributed by atoms with Gasteiger partial charge < -0.3 is 29.3 Å². The van der Waals surface area contributed by atoms with Crippen LogP contribution in [-0.2, 0) is 9.59 Å². The van der Waals surface area contributed by atoms with Gasteiger partial charge in [-0.05, 0) is 27.7 Å². The maximum absolute atomic E-state index is 12.9. The smallest absolute Gasteiger partial charge is 0.328 e. The molecule has 0 atom stereocenters. The summed E-state index contributed by atoms with van der Waals surface area (Å²) in [5.41, 5.74) is 0.551. The number of thiazole rings is 1. The predicted octanol–water partition coefficient (Wildman–Crippen LogP) is 3.32. The highest BCUT2D eigenvalue weighted by Gasteiger charge is 2.21. The van der Waals surface area contributed by atoms with Crippen LogP contribution >= 0.6 is 11.3 Å². The number of methoxy groups -OCH3 is 3. The van der Waals surface area contributed by atoms with Crippen molar-refractivity contribution in [1.29, 1.82) is 0 Å². The van der Waals surface area contributed by atoms with Crippen LogP contribution in [0.25, 0.3) is 0 Å². The van der Waals surface area contributed by atoms with Crippen molar-refractivity contribution in [1.82, 2.24) is 14.8 Å². The lowest BCUT2D eigenvalue weighted by molar-refractivity contribution is -0.134. The van der Waals surface area contributed by atoms with Gasteiger partial charge in [-0.3, -0.25) is 19.8 Å². The van der Waals surface area contributed by atoms with Crippen molar-refractivity contribution >= 4 is 40.2 Å². The molecule has 0 spiro atoms. The number of rotatable bonds is 13. The fourth-order valence-electron chi connectivity index (χ4n) is 3.62. The maximum Gasteiger partial charge on any atom is 0.328 e. The van der Waals surface area contributed by atoms with Crippen LogP contribution in [0.5, 0.6) is 17.2 Å². The second-order valence-electron chi connectivity index (χ2n) is 9.06. The van der Waals surface area contributed by atoms with E-state index in [2.05, 4.69) is 42.9 Å². The van der Waals surface area contributed by atoms with E-state index in [1.807, 2.05) is 0 Å². The third kappa shape index (κ3) is 11.1. The zero-order chi connectivity index (χ0) is 31.3. The van der Waals surface area contributed by atoms with E-state index in [4.69, 9.17) is 24.4 Å². The Morgan fingerprint density at radius 1 is 0.902 bits per heavy atom. The molecule has 13 nitrogen and oxygen atoms in total. The summed E-state index contributed by atoms with van der Waals surface area (Å²) in [5, 5.41) is 20.3. The SMILES string of the molecule is COc1cc(OC)c(C(=O)Nc2nc(C(=O)N(C)CCN(C(C)C)C(C)C)cs2)cc1OC.O=C(O)C=CC(=O)O. The number of nitrogens with one attached hydrogen (secondary N) is 1. The molecule has 0 aliphatic heterocycles. The second kappa shape index (κ2) is 16.8. The Morgan fingerprint density at radius 3 is 1.88 bits per heavy atom. The Morgan fingerprint density at radius 2 is 1.41 bits per heavy atom. The molecule has 0 saturated carbocycles. The van der Waals surface area contributed by atoms with Crippen LogP contribution in [0.3, 0.4) is 0 Å². The van der Waals surface area contributed by atoms with E-state index in [1.54, 1.807) is 23.4 Å². The molecule has 2 aromatic rings. The number of carbonyl (C=O) groups is 4. The molecule has 1 aromatic heterocycles. The number of likely N-dealkylation sites (N-methyl/N-ethyl adjacent to an activating group) is 1. The van der Waals surface area contributed by atoms with Crippen molar-refractivity contribution in [3.05, 3.63) is 40.9 Å². The van der Waals surface area contributed by atoms with Crippen LogP contribution in [-0.4, -0.2) is 102 Å². The highest BCUT2D eigenvalue weighted by molar-refractivity contribution is 7.14. The van der Waals surface area contributed by atoms with Crippen LogP contribution in [0, 0.1) is 0 Å². The molecule has 1 aromatic carbocycles. The van der Waals surface area contributed by atoms with Crippen molar-refractivity contribution in [3.63, 3.8) is 0 Å². The minimum absolute atomic E-state index is 0.192. The van der Waals surface area contributed by atoms with E-state index < -0.39 is 17.8 Å². The quantitative estimate of drug-likeness (QED) is 0.291. The molecule has 41 heavy (non-hydrogen) atoms. The zero-order valence-electron chi connectivity index (χ0n) is 24.5. The summed E-state index contributed by atoms with van der Waals surface area (Å²) in [4.78, 5) is 53.1. The van der Waals surface area contributed by atoms with E-state index in [0.29, 0.717) is 53.2 Å². The molecular weight excluding hydrogens is 556 g/mol. The Bertz CT molecular complexity index is 1200. The summed E-state index contributed by atoms with van der Waals surface area (Å²) in [6, 6.07) is 3.90. The summed E-state index contributed by atoms with van der Waals surface area (Å²) in [7, 11) is 6.22. The lowest BCUT2D eigenvalue weighted by atomic mass is 10.1. The summed E-state index contributed by atoms with van der Waals surface area (Å²) in [5.74, 6) is -1.96. The highest BCUT2D eigenvalue weighted by Crippen LogP contribution is 2.35. The average molecular weight is 595 g/mol. The van der Waals surface area contributed by atoms with Gasteiger partial charge in [0.2, 0.25) is 0 Å². The van der Waals surface area contributed by atoms with E-state index >= 15 is 0 Å². The summed E-state index contributed by atoms with van der Waals surface area (Å²) in [6.07, 6.45) is 1.12. The normalized spacial score (nSPS) is 10.8. The first-order valence-electron chi connectivity index (χ1n) is 12.5. The summed E-state index contributed by atoms with van der Waals surface area (Å²) >= 11 is 1.19. The van der Waals surface area contributed by atoms with Gasteiger partial charge in [-0.2, -0.15) is 0 Å². The number of hydrogen-bond acceptors (Lipinski definition) is 10. The van der Waals surface area contributed by atoms with Crippen molar-refractivity contribution in [2.75, 3.05) is 46.8 Å². The first-order valence-corrected chi connectivity index (χ1v) is 13.4. The van der Waals surface area contributed by atoms with Gasteiger partial charge in [-0.25, -0.2) is 14.6 Å². The van der Waals surface area contributed by atoms with Crippen LogP contribution in [0.15, 0.2) is 29.7 Å². The molecule has 0 fully saturated rings. The number of nitrogens with zero attached hydrogens (tertiary/aromatic N) is 3. The highest BCUT2D eigenvalue weighted by atomic mass is 32.1. The number of carbonyl (C=O) groups excluding carboxylic acids is 2. The Kier molecular flexibility index (Phi) is 14.3. The minimum atomic E-state index is -1.26. The van der Waals surface area contributed by atoms with E-state index in [0.717, 1.165) is 6.54 Å². The van der Waals surface area contributed by atoms with Gasteiger partial charge in [0.15, 0.2) is 16.6 Å². The number of carboxylic acids is 2. The third-order valence-corrected chi connectivity index (χ3v) is 6.39. The van der Waals surface area contributed by atoms with E-state index in [9.17, 15) is 19.2 Å². The molecular formula is C27H38N4O9S. The average Bonchev–Trinajstić information content (AvgIpc) is 3.38. The monoisotopic (exact) mass is 594 g/mol. The largest absolute Gasteiger partial charge is 0.496 e. The summed E-state index contributed by atoms with van der Waals surface area (Å²) < 4.78 is 15.9. The number of amides is 2. The lowest BCUT2D eigenvalue weighted by Crippen LogP contribution is -2.43. The topological polar surface area (TPSA) is 168 Å². The van der Waals surface area contributed by atoms with Crippen molar-refractivity contribution in [2.24, 2.45) is 0 Å². The molecule has 0 radical (unpaired) electrons. The van der Waals surface area contributed by atoms with Crippen LogP contribution in [0.1, 0.15) is 48.5 Å². The van der Waals surface area contributed by atoms with Gasteiger partial charge in [0.25, 0.3) is 11.8 Å². The van der Waals surface area contributed by atoms with E-state index in [-0.39, 0.29) is 17.2 Å². The molecule has 2 amide bonds. The van der Waals surface area contributed by atoms with Crippen LogP contribution in [0.2, 0.25) is 0 Å². The molecule has 0 unspecified atom stereocenters. The van der Waals surface area contributed by atoms with Crippen molar-refractivity contribution in [3.8, 4) is 17.2 Å². The molecule has 226 valence electrons. The fourth-order valence-corrected chi connectivity index (χ4v) is 4.30. The van der Waals surface area contributed by atoms with Gasteiger partial charge in [-0.1, -0.05) is 0 Å². The lowest BCUT2D eigenvalue weighted by Gasteiger charge is -2.32. The van der Waals surface area contributed by atoms with Crippen molar-refractivity contribution in [2.45, 2.75) is 39.8 Å². The molecule has 0 aliphatic rings. The number of anilines is 1. The second-order valence-corrected chi connectivity index (χ2v) is 9.92. The first-order chi connectivity index (χ1) is 19.2. The Labute approximate surface area is 243 Å². The van der Waals surface area contributed by atoms with Crippen LogP contribution < -0.4 is 19.5 Å². The molecule has 3 N–H and O–H groups in total. The third-order valence-electron chi connectivity index (χ3n) is 5.63. The number of carboxylic acid groups (broad SMARTS) is 2. The number of benzene rings is 1. The fraction of sp³-hybridized carbons (Fsp3) is 0.444. The molecule has 1 heterocycles. The Balaban J connectivity index is 0.000000915. The number of aliphatic carboxylic acids is 2. The number of hydrogen-bond donors (Lipinski definition) is 3. The molecule has 2 rings (SSSR count). The summed E-state index contributed by atoms with van der Waals surface area (Å²) in [6.45, 7) is 9.92. The minimum Gasteiger partial charge on any atom is -0.496 e.